The molecule has 0 saturated carbocycles. The highest BCUT2D eigenvalue weighted by Gasteiger charge is 2.30. The maximum Gasteiger partial charge on any atom is 0.228 e. The van der Waals surface area contributed by atoms with Crippen molar-refractivity contribution in [2.45, 2.75) is 39.7 Å². The van der Waals surface area contributed by atoms with Gasteiger partial charge in [-0.15, -0.1) is 0 Å². The molecule has 2 saturated heterocycles. The van der Waals surface area contributed by atoms with Crippen LogP contribution in [0.2, 0.25) is 0 Å². The molecule has 1 aromatic rings. The maximum absolute atomic E-state index is 12.4. The number of aryl methyl sites for hydroxylation is 2. The lowest BCUT2D eigenvalue weighted by Gasteiger charge is -2.33. The zero-order chi connectivity index (χ0) is 14.8. The first-order valence-electron chi connectivity index (χ1n) is 8.01. The summed E-state index contributed by atoms with van der Waals surface area (Å²) >= 11 is 0. The van der Waals surface area contributed by atoms with Gasteiger partial charge in [-0.25, -0.2) is 0 Å². The highest BCUT2D eigenvalue weighted by atomic mass is 16.5. The number of amides is 1. The minimum Gasteiger partial charge on any atom is -0.381 e. The van der Waals surface area contributed by atoms with Crippen LogP contribution >= 0.6 is 0 Å². The molecule has 21 heavy (non-hydrogen) atoms. The average molecular weight is 291 g/mol. The van der Waals surface area contributed by atoms with Crippen molar-refractivity contribution >= 4 is 5.91 Å². The van der Waals surface area contributed by atoms with Crippen LogP contribution < -0.4 is 0 Å². The Labute approximate surface area is 126 Å². The molecule has 2 aliphatic heterocycles. The van der Waals surface area contributed by atoms with Crippen LogP contribution in [0.5, 0.6) is 0 Å². The van der Waals surface area contributed by atoms with Crippen molar-refractivity contribution in [2.24, 2.45) is 11.8 Å². The molecular formula is C16H25N3O2. The first-order valence-corrected chi connectivity index (χ1v) is 8.01. The van der Waals surface area contributed by atoms with Gasteiger partial charge in [0, 0.05) is 31.9 Å². The van der Waals surface area contributed by atoms with Crippen LogP contribution in [0.1, 0.15) is 30.7 Å². The van der Waals surface area contributed by atoms with Gasteiger partial charge in [-0.1, -0.05) is 0 Å². The molecule has 1 aromatic heterocycles. The molecular weight excluding hydrogens is 266 g/mol. The maximum atomic E-state index is 12.4. The van der Waals surface area contributed by atoms with E-state index >= 15 is 0 Å². The fourth-order valence-electron chi connectivity index (χ4n) is 3.43. The number of hydrogen-bond acceptors (Lipinski definition) is 3. The van der Waals surface area contributed by atoms with Gasteiger partial charge in [-0.3, -0.25) is 9.48 Å². The number of piperidine rings is 1. The SMILES string of the molecule is Cc1cc(C)n(CC2CCN(C(=O)C3CCOC3)CC2)n1. The Kier molecular flexibility index (Phi) is 4.29. The molecule has 5 nitrogen and oxygen atoms in total. The van der Waals surface area contributed by atoms with Crippen LogP contribution in [-0.2, 0) is 16.1 Å². The van der Waals surface area contributed by atoms with Gasteiger partial charge in [-0.2, -0.15) is 5.10 Å². The van der Waals surface area contributed by atoms with Crippen molar-refractivity contribution in [3.05, 3.63) is 17.5 Å². The molecule has 5 heteroatoms. The van der Waals surface area contributed by atoms with Crippen LogP contribution in [0, 0.1) is 25.7 Å². The van der Waals surface area contributed by atoms with E-state index in [2.05, 4.69) is 22.8 Å². The van der Waals surface area contributed by atoms with E-state index in [0.717, 1.165) is 51.2 Å². The Bertz CT molecular complexity index is 498. The van der Waals surface area contributed by atoms with Crippen LogP contribution in [0.25, 0.3) is 0 Å². The molecule has 0 aromatic carbocycles. The number of carbonyl (C=O) groups excluding carboxylic acids is 1. The molecule has 116 valence electrons. The zero-order valence-corrected chi connectivity index (χ0v) is 13.0. The Morgan fingerprint density at radius 1 is 1.33 bits per heavy atom. The van der Waals surface area contributed by atoms with E-state index in [9.17, 15) is 4.79 Å². The minimum absolute atomic E-state index is 0.109. The number of rotatable bonds is 3. The summed E-state index contributed by atoms with van der Waals surface area (Å²) in [6, 6.07) is 2.12. The summed E-state index contributed by atoms with van der Waals surface area (Å²) in [6.45, 7) is 8.26. The van der Waals surface area contributed by atoms with Gasteiger partial charge in [0.25, 0.3) is 0 Å². The van der Waals surface area contributed by atoms with Crippen molar-refractivity contribution in [3.8, 4) is 0 Å². The van der Waals surface area contributed by atoms with E-state index in [1.54, 1.807) is 0 Å². The van der Waals surface area contributed by atoms with Gasteiger partial charge in [0.15, 0.2) is 0 Å². The molecule has 0 bridgehead atoms. The largest absolute Gasteiger partial charge is 0.381 e. The van der Waals surface area contributed by atoms with E-state index < -0.39 is 0 Å². The second kappa shape index (κ2) is 6.18. The lowest BCUT2D eigenvalue weighted by atomic mass is 9.95. The Balaban J connectivity index is 1.50. The number of ether oxygens (including phenoxy) is 1. The summed E-state index contributed by atoms with van der Waals surface area (Å²) in [5, 5.41) is 4.54. The predicted molar refractivity (Wildman–Crippen MR) is 79.9 cm³/mol. The zero-order valence-electron chi connectivity index (χ0n) is 13.0. The molecule has 2 aliphatic rings. The molecule has 1 atom stereocenters. The lowest BCUT2D eigenvalue weighted by molar-refractivity contribution is -0.137. The van der Waals surface area contributed by atoms with Gasteiger partial charge < -0.3 is 9.64 Å². The van der Waals surface area contributed by atoms with E-state index in [1.165, 1.54) is 5.69 Å². The Morgan fingerprint density at radius 2 is 2.10 bits per heavy atom. The van der Waals surface area contributed by atoms with Crippen molar-refractivity contribution in [1.82, 2.24) is 14.7 Å². The average Bonchev–Trinajstić information content (AvgIpc) is 3.10. The van der Waals surface area contributed by atoms with E-state index in [0.29, 0.717) is 18.4 Å². The van der Waals surface area contributed by atoms with Gasteiger partial charge in [0.05, 0.1) is 18.2 Å². The van der Waals surface area contributed by atoms with Gasteiger partial charge in [-0.05, 0) is 45.1 Å². The van der Waals surface area contributed by atoms with E-state index in [4.69, 9.17) is 4.74 Å². The van der Waals surface area contributed by atoms with Crippen molar-refractivity contribution in [3.63, 3.8) is 0 Å². The fourth-order valence-corrected chi connectivity index (χ4v) is 3.43. The number of carbonyl (C=O) groups is 1. The molecule has 1 unspecified atom stereocenters. The van der Waals surface area contributed by atoms with Crippen molar-refractivity contribution in [2.75, 3.05) is 26.3 Å². The van der Waals surface area contributed by atoms with Gasteiger partial charge >= 0.3 is 0 Å². The van der Waals surface area contributed by atoms with Crippen LogP contribution in [0.4, 0.5) is 0 Å². The van der Waals surface area contributed by atoms with Crippen LogP contribution in [0.3, 0.4) is 0 Å². The smallest absolute Gasteiger partial charge is 0.228 e. The van der Waals surface area contributed by atoms with Gasteiger partial charge in [0.1, 0.15) is 0 Å². The quantitative estimate of drug-likeness (QED) is 0.853. The predicted octanol–water partition coefficient (Wildman–Crippen LogP) is 1.78. The summed E-state index contributed by atoms with van der Waals surface area (Å²) in [7, 11) is 0. The summed E-state index contributed by atoms with van der Waals surface area (Å²) in [6.07, 6.45) is 3.06. The van der Waals surface area contributed by atoms with E-state index in [-0.39, 0.29) is 5.92 Å². The standard InChI is InChI=1S/C16H25N3O2/c1-12-9-13(2)19(17-12)10-14-3-6-18(7-4-14)16(20)15-5-8-21-11-15/h9,14-15H,3-8,10-11H2,1-2H3. The number of hydrogen-bond donors (Lipinski definition) is 0. The summed E-state index contributed by atoms with van der Waals surface area (Å²) < 4.78 is 7.44. The molecule has 0 aliphatic carbocycles. The van der Waals surface area contributed by atoms with Crippen LogP contribution in [-0.4, -0.2) is 46.9 Å². The topological polar surface area (TPSA) is 47.4 Å². The fraction of sp³-hybridized carbons (Fsp3) is 0.750. The summed E-state index contributed by atoms with van der Waals surface area (Å²) in [4.78, 5) is 14.4. The number of likely N-dealkylation sites (tertiary alicyclic amines) is 1. The second-order valence-electron chi connectivity index (χ2n) is 6.44. The van der Waals surface area contributed by atoms with Crippen molar-refractivity contribution in [1.29, 1.82) is 0 Å². The van der Waals surface area contributed by atoms with Gasteiger partial charge in [0.2, 0.25) is 5.91 Å². The third kappa shape index (κ3) is 3.28. The minimum atomic E-state index is 0.109. The first kappa shape index (κ1) is 14.6. The van der Waals surface area contributed by atoms with Crippen LogP contribution in [0.15, 0.2) is 6.07 Å². The Morgan fingerprint density at radius 3 is 2.67 bits per heavy atom. The number of nitrogens with zero attached hydrogens (tertiary/aromatic N) is 3. The van der Waals surface area contributed by atoms with E-state index in [1.807, 2.05) is 11.8 Å². The summed E-state index contributed by atoms with van der Waals surface area (Å²) in [5.74, 6) is 1.04. The third-order valence-corrected chi connectivity index (χ3v) is 4.74. The highest BCUT2D eigenvalue weighted by molar-refractivity contribution is 5.79. The highest BCUT2D eigenvalue weighted by Crippen LogP contribution is 2.23. The second-order valence-corrected chi connectivity index (χ2v) is 6.44. The molecule has 3 heterocycles. The normalized spacial score (nSPS) is 23.7. The monoisotopic (exact) mass is 291 g/mol. The first-order chi connectivity index (χ1) is 10.1. The van der Waals surface area contributed by atoms with Crippen molar-refractivity contribution < 1.29 is 9.53 Å². The summed E-state index contributed by atoms with van der Waals surface area (Å²) in [5.41, 5.74) is 2.32. The molecule has 0 N–H and O–H groups in total. The number of aromatic nitrogens is 2. The Hall–Kier alpha value is -1.36. The third-order valence-electron chi connectivity index (χ3n) is 4.74. The molecule has 1 amide bonds. The molecule has 3 rings (SSSR count). The molecule has 2 fully saturated rings. The molecule has 0 spiro atoms. The molecule has 0 radical (unpaired) electrons. The lowest BCUT2D eigenvalue weighted by Crippen LogP contribution is -2.42.